The Morgan fingerprint density at radius 2 is 1.32 bits per heavy atom. The number of benzene rings is 3. The van der Waals surface area contributed by atoms with Gasteiger partial charge in [-0.3, -0.25) is 4.40 Å². The highest BCUT2D eigenvalue weighted by Gasteiger charge is 2.21. The summed E-state index contributed by atoms with van der Waals surface area (Å²) in [7, 11) is 0. The van der Waals surface area contributed by atoms with Crippen LogP contribution in [-0.4, -0.2) is 9.38 Å². The number of nitrogens with zero attached hydrogens (tertiary/aromatic N) is 2. The monoisotopic (exact) mass is 406 g/mol. The van der Waals surface area contributed by atoms with E-state index in [1.807, 2.05) is 0 Å². The minimum absolute atomic E-state index is 0.440. The number of hydrogen-bond donors (Lipinski definition) is 0. The largest absolute Gasteiger partial charge is 0.292 e. The minimum atomic E-state index is 0.440. The highest BCUT2D eigenvalue weighted by atomic mass is 15.0. The van der Waals surface area contributed by atoms with Gasteiger partial charge in [0.25, 0.3) is 0 Å². The van der Waals surface area contributed by atoms with Crippen molar-refractivity contribution in [2.75, 3.05) is 0 Å². The van der Waals surface area contributed by atoms with Gasteiger partial charge in [-0.25, -0.2) is 4.98 Å². The van der Waals surface area contributed by atoms with E-state index in [0.717, 1.165) is 5.65 Å². The van der Waals surface area contributed by atoms with Crippen LogP contribution in [0.15, 0.2) is 60.8 Å². The summed E-state index contributed by atoms with van der Waals surface area (Å²) in [4.78, 5) is 4.99. The molecule has 31 heavy (non-hydrogen) atoms. The molecule has 3 aromatic carbocycles. The summed E-state index contributed by atoms with van der Waals surface area (Å²) in [6.07, 6.45) is 2.09. The van der Waals surface area contributed by atoms with Crippen molar-refractivity contribution in [3.05, 3.63) is 83.0 Å². The molecular weight excluding hydrogens is 376 g/mol. The Morgan fingerprint density at radius 1 is 0.710 bits per heavy atom. The molecule has 5 rings (SSSR count). The van der Waals surface area contributed by atoms with Gasteiger partial charge in [0, 0.05) is 16.3 Å². The Balaban J connectivity index is 2.03. The first-order valence-electron chi connectivity index (χ1n) is 11.3. The van der Waals surface area contributed by atoms with Crippen LogP contribution < -0.4 is 0 Å². The number of rotatable bonds is 3. The molecule has 0 saturated carbocycles. The molecule has 0 radical (unpaired) electrons. The highest BCUT2D eigenvalue weighted by molar-refractivity contribution is 6.12. The molecule has 0 amide bonds. The molecule has 2 heterocycles. The number of fused-ring (bicyclic) bond motifs is 6. The fraction of sp³-hybridized carbons (Fsp3) is 0.276. The molecular formula is C29H30N2. The maximum absolute atomic E-state index is 4.99. The van der Waals surface area contributed by atoms with Crippen molar-refractivity contribution < 1.29 is 0 Å². The SMILES string of the molecule is Cc1cc2c3ccccc3c3ncc(-c4c(C(C)C)cccc4C(C)C)n3c2cc1C. The molecule has 2 aromatic heterocycles. The fourth-order valence-electron chi connectivity index (χ4n) is 4.92. The molecule has 2 nitrogen and oxygen atoms in total. The molecule has 0 aliphatic rings. The molecule has 5 aromatic rings. The number of aromatic nitrogens is 2. The first-order valence-corrected chi connectivity index (χ1v) is 11.3. The van der Waals surface area contributed by atoms with Crippen molar-refractivity contribution in [2.24, 2.45) is 0 Å². The Labute approximate surface area is 184 Å². The predicted molar refractivity (Wildman–Crippen MR) is 133 cm³/mol. The molecule has 0 N–H and O–H groups in total. The lowest BCUT2D eigenvalue weighted by molar-refractivity contribution is 0.836. The quantitative estimate of drug-likeness (QED) is 0.276. The zero-order valence-electron chi connectivity index (χ0n) is 19.3. The molecule has 0 fully saturated rings. The van der Waals surface area contributed by atoms with Gasteiger partial charge in [0.2, 0.25) is 0 Å². The van der Waals surface area contributed by atoms with Crippen molar-refractivity contribution >= 4 is 27.3 Å². The van der Waals surface area contributed by atoms with Gasteiger partial charge >= 0.3 is 0 Å². The van der Waals surface area contributed by atoms with Gasteiger partial charge in [-0.1, -0.05) is 70.2 Å². The lowest BCUT2D eigenvalue weighted by Crippen LogP contribution is -2.03. The highest BCUT2D eigenvalue weighted by Crippen LogP contribution is 2.39. The molecule has 0 unspecified atom stereocenters. The van der Waals surface area contributed by atoms with E-state index in [1.165, 1.54) is 55.2 Å². The van der Waals surface area contributed by atoms with E-state index in [-0.39, 0.29) is 0 Å². The van der Waals surface area contributed by atoms with Gasteiger partial charge < -0.3 is 0 Å². The van der Waals surface area contributed by atoms with E-state index in [1.54, 1.807) is 0 Å². The summed E-state index contributed by atoms with van der Waals surface area (Å²) in [6.45, 7) is 13.5. The summed E-state index contributed by atoms with van der Waals surface area (Å²) >= 11 is 0. The summed E-state index contributed by atoms with van der Waals surface area (Å²) in [5.41, 5.74) is 10.2. The number of hydrogen-bond acceptors (Lipinski definition) is 1. The van der Waals surface area contributed by atoms with E-state index < -0.39 is 0 Å². The average Bonchev–Trinajstić information content (AvgIpc) is 3.19. The summed E-state index contributed by atoms with van der Waals surface area (Å²) in [5, 5.41) is 3.77. The van der Waals surface area contributed by atoms with Crippen LogP contribution in [-0.2, 0) is 0 Å². The van der Waals surface area contributed by atoms with Crippen LogP contribution in [0.25, 0.3) is 38.6 Å². The van der Waals surface area contributed by atoms with Crippen molar-refractivity contribution in [3.63, 3.8) is 0 Å². The molecule has 0 saturated heterocycles. The van der Waals surface area contributed by atoms with E-state index in [0.29, 0.717) is 11.8 Å². The van der Waals surface area contributed by atoms with Crippen LogP contribution in [0.2, 0.25) is 0 Å². The third-order valence-electron chi connectivity index (χ3n) is 6.70. The maximum atomic E-state index is 4.99. The second kappa shape index (κ2) is 7.23. The standard InChI is InChI=1S/C29H30N2/c1-17(2)21-12-9-13-22(18(3)4)28(21)27-16-30-29-24-11-8-7-10-23(24)25-14-19(5)20(6)15-26(25)31(27)29/h7-18H,1-6H3. The summed E-state index contributed by atoms with van der Waals surface area (Å²) in [6, 6.07) is 20.1. The van der Waals surface area contributed by atoms with Gasteiger partial charge in [-0.15, -0.1) is 0 Å². The number of pyridine rings is 1. The number of aryl methyl sites for hydroxylation is 2. The Morgan fingerprint density at radius 3 is 1.97 bits per heavy atom. The maximum Gasteiger partial charge on any atom is 0.145 e. The molecule has 156 valence electrons. The van der Waals surface area contributed by atoms with Crippen molar-refractivity contribution in [3.8, 4) is 11.3 Å². The Kier molecular flexibility index (Phi) is 4.62. The minimum Gasteiger partial charge on any atom is -0.292 e. The Bertz CT molecular complexity index is 1420. The van der Waals surface area contributed by atoms with Crippen LogP contribution >= 0.6 is 0 Å². The fourth-order valence-corrected chi connectivity index (χ4v) is 4.92. The number of imidazole rings is 1. The Hall–Kier alpha value is -3.13. The molecule has 0 aliphatic heterocycles. The lowest BCUT2D eigenvalue weighted by Gasteiger charge is -2.20. The van der Waals surface area contributed by atoms with Crippen LogP contribution in [0.3, 0.4) is 0 Å². The van der Waals surface area contributed by atoms with Crippen LogP contribution in [0.1, 0.15) is 61.8 Å². The molecule has 0 atom stereocenters. The first-order chi connectivity index (χ1) is 14.9. The average molecular weight is 407 g/mol. The van der Waals surface area contributed by atoms with E-state index in [9.17, 15) is 0 Å². The van der Waals surface area contributed by atoms with Crippen molar-refractivity contribution in [1.82, 2.24) is 9.38 Å². The van der Waals surface area contributed by atoms with Crippen molar-refractivity contribution in [1.29, 1.82) is 0 Å². The van der Waals surface area contributed by atoms with Crippen LogP contribution in [0.4, 0.5) is 0 Å². The van der Waals surface area contributed by atoms with E-state index in [2.05, 4.69) is 107 Å². The molecule has 0 aliphatic carbocycles. The third kappa shape index (κ3) is 2.96. The van der Waals surface area contributed by atoms with E-state index >= 15 is 0 Å². The van der Waals surface area contributed by atoms with Gasteiger partial charge in [-0.05, 0) is 65.5 Å². The smallest absolute Gasteiger partial charge is 0.145 e. The zero-order chi connectivity index (χ0) is 21.9. The molecule has 2 heteroatoms. The summed E-state index contributed by atoms with van der Waals surface area (Å²) < 4.78 is 2.40. The second-order valence-corrected chi connectivity index (χ2v) is 9.42. The molecule has 0 spiro atoms. The lowest BCUT2D eigenvalue weighted by atomic mass is 9.87. The second-order valence-electron chi connectivity index (χ2n) is 9.42. The van der Waals surface area contributed by atoms with Crippen LogP contribution in [0.5, 0.6) is 0 Å². The molecule has 0 bridgehead atoms. The van der Waals surface area contributed by atoms with Gasteiger partial charge in [-0.2, -0.15) is 0 Å². The van der Waals surface area contributed by atoms with Gasteiger partial charge in [0.1, 0.15) is 5.65 Å². The van der Waals surface area contributed by atoms with Gasteiger partial charge in [0.05, 0.1) is 17.4 Å². The first kappa shape index (κ1) is 19.8. The normalized spacial score (nSPS) is 12.1. The van der Waals surface area contributed by atoms with Crippen LogP contribution in [0, 0.1) is 13.8 Å². The van der Waals surface area contributed by atoms with Gasteiger partial charge in [0.15, 0.2) is 0 Å². The third-order valence-corrected chi connectivity index (χ3v) is 6.70. The predicted octanol–water partition coefficient (Wildman–Crippen LogP) is 8.17. The van der Waals surface area contributed by atoms with Crippen molar-refractivity contribution in [2.45, 2.75) is 53.4 Å². The summed E-state index contributed by atoms with van der Waals surface area (Å²) in [5.74, 6) is 0.880. The van der Waals surface area contributed by atoms with E-state index in [4.69, 9.17) is 4.98 Å². The zero-order valence-corrected chi connectivity index (χ0v) is 19.3. The topological polar surface area (TPSA) is 17.3 Å².